The van der Waals surface area contributed by atoms with Crippen LogP contribution in [0.4, 0.5) is 4.79 Å². The largest absolute Gasteiger partial charge is 0.317 e. The second-order valence-corrected chi connectivity index (χ2v) is 6.31. The Morgan fingerprint density at radius 3 is 2.26 bits per heavy atom. The Morgan fingerprint density at radius 1 is 1.04 bits per heavy atom. The van der Waals surface area contributed by atoms with Crippen LogP contribution < -0.4 is 5.32 Å². The van der Waals surface area contributed by atoms with E-state index in [1.54, 1.807) is 0 Å². The molecule has 0 bridgehead atoms. The molecule has 118 valence electrons. The van der Waals surface area contributed by atoms with Crippen LogP contribution in [0, 0.1) is 0 Å². The molecule has 0 spiro atoms. The summed E-state index contributed by atoms with van der Waals surface area (Å²) in [6.45, 7) is 0.544. The summed E-state index contributed by atoms with van der Waals surface area (Å²) in [6.07, 6.45) is 0. The van der Waals surface area contributed by atoms with E-state index in [1.807, 2.05) is 49.5 Å². The number of nitrogens with zero attached hydrogens (tertiary/aromatic N) is 1. The van der Waals surface area contributed by atoms with E-state index in [4.69, 9.17) is 0 Å². The number of hydrogen-bond acceptors (Lipinski definition) is 4. The Morgan fingerprint density at radius 2 is 1.70 bits per heavy atom. The van der Waals surface area contributed by atoms with Gasteiger partial charge in [-0.3, -0.25) is 14.5 Å². The molecule has 1 heterocycles. The van der Waals surface area contributed by atoms with Crippen LogP contribution in [-0.2, 0) is 4.79 Å². The highest BCUT2D eigenvalue weighted by molar-refractivity contribution is 8.14. The number of benzene rings is 2. The number of rotatable bonds is 5. The van der Waals surface area contributed by atoms with E-state index in [9.17, 15) is 9.59 Å². The summed E-state index contributed by atoms with van der Waals surface area (Å²) < 4.78 is 0. The Kier molecular flexibility index (Phi) is 4.79. The molecule has 1 fully saturated rings. The molecule has 1 unspecified atom stereocenters. The van der Waals surface area contributed by atoms with Crippen molar-refractivity contribution in [2.45, 2.75) is 6.04 Å². The van der Waals surface area contributed by atoms with Gasteiger partial charge in [0.05, 0.1) is 11.8 Å². The van der Waals surface area contributed by atoms with Gasteiger partial charge >= 0.3 is 0 Å². The van der Waals surface area contributed by atoms with Gasteiger partial charge in [-0.1, -0.05) is 66.4 Å². The Labute approximate surface area is 139 Å². The number of carbonyl (C=O) groups excluding carboxylic acids is 2. The number of nitrogens with one attached hydrogen (secondary N) is 1. The van der Waals surface area contributed by atoms with Crippen molar-refractivity contribution in [3.05, 3.63) is 60.2 Å². The summed E-state index contributed by atoms with van der Waals surface area (Å²) in [6, 6.07) is 17.9. The predicted octanol–water partition coefficient (Wildman–Crippen LogP) is 3.31. The lowest BCUT2D eigenvalue weighted by atomic mass is 10.00. The molecule has 3 rings (SSSR count). The lowest BCUT2D eigenvalue weighted by molar-refractivity contribution is -0.126. The molecule has 1 atom stereocenters. The molecule has 2 aromatic carbocycles. The highest BCUT2D eigenvalue weighted by Gasteiger charge is 2.36. The average molecular weight is 326 g/mol. The summed E-state index contributed by atoms with van der Waals surface area (Å²) in [7, 11) is 1.82. The summed E-state index contributed by atoms with van der Waals surface area (Å²) in [5, 5.41) is 2.91. The lowest BCUT2D eigenvalue weighted by Crippen LogP contribution is -2.38. The van der Waals surface area contributed by atoms with Crippen LogP contribution in [0.25, 0.3) is 11.1 Å². The van der Waals surface area contributed by atoms with Crippen LogP contribution in [0.15, 0.2) is 54.6 Å². The normalized spacial score (nSPS) is 16.0. The molecule has 2 aromatic rings. The van der Waals surface area contributed by atoms with Crippen LogP contribution in [0.3, 0.4) is 0 Å². The SMILES string of the molecule is CNCC(c1ccc(-c2ccccc2)cc1)N1C(=O)CSC1=O. The number of thioether (sulfide) groups is 1. The number of carbonyl (C=O) groups is 2. The second kappa shape index (κ2) is 6.98. The molecule has 0 aliphatic carbocycles. The standard InChI is InChI=1S/C18H18N2O2S/c1-19-11-16(20-17(21)12-23-18(20)22)15-9-7-14(8-10-15)13-5-3-2-4-6-13/h2-10,16,19H,11-12H2,1H3. The highest BCUT2D eigenvalue weighted by Crippen LogP contribution is 2.31. The van der Waals surface area contributed by atoms with Crippen molar-refractivity contribution in [3.8, 4) is 11.1 Å². The third-order valence-corrected chi connectivity index (χ3v) is 4.73. The van der Waals surface area contributed by atoms with Crippen LogP contribution in [0.2, 0.25) is 0 Å². The quantitative estimate of drug-likeness (QED) is 0.916. The van der Waals surface area contributed by atoms with Gasteiger partial charge in [0, 0.05) is 6.54 Å². The minimum atomic E-state index is -0.264. The van der Waals surface area contributed by atoms with Gasteiger partial charge in [0.2, 0.25) is 5.91 Å². The number of likely N-dealkylation sites (N-methyl/N-ethyl adjacent to an activating group) is 1. The number of imide groups is 1. The van der Waals surface area contributed by atoms with E-state index in [2.05, 4.69) is 17.4 Å². The molecular weight excluding hydrogens is 308 g/mol. The Hall–Kier alpha value is -2.11. The number of amides is 2. The third-order valence-electron chi connectivity index (χ3n) is 3.90. The maximum absolute atomic E-state index is 12.0. The fourth-order valence-electron chi connectivity index (χ4n) is 2.75. The molecule has 5 heteroatoms. The second-order valence-electron chi connectivity index (χ2n) is 5.38. The van der Waals surface area contributed by atoms with Crippen molar-refractivity contribution in [2.24, 2.45) is 0 Å². The summed E-state index contributed by atoms with van der Waals surface area (Å²) in [4.78, 5) is 25.4. The first-order chi connectivity index (χ1) is 11.2. The zero-order valence-electron chi connectivity index (χ0n) is 12.9. The maximum atomic E-state index is 12.0. The van der Waals surface area contributed by atoms with Crippen molar-refractivity contribution in [2.75, 3.05) is 19.3 Å². The van der Waals surface area contributed by atoms with Crippen LogP contribution in [-0.4, -0.2) is 35.4 Å². The van der Waals surface area contributed by atoms with Crippen molar-refractivity contribution in [3.63, 3.8) is 0 Å². The van der Waals surface area contributed by atoms with Crippen LogP contribution in [0.1, 0.15) is 11.6 Å². The van der Waals surface area contributed by atoms with Crippen molar-refractivity contribution in [1.29, 1.82) is 0 Å². The first-order valence-electron chi connectivity index (χ1n) is 7.49. The fraction of sp³-hybridized carbons (Fsp3) is 0.222. The monoisotopic (exact) mass is 326 g/mol. The first-order valence-corrected chi connectivity index (χ1v) is 8.48. The zero-order chi connectivity index (χ0) is 16.2. The topological polar surface area (TPSA) is 49.4 Å². The predicted molar refractivity (Wildman–Crippen MR) is 93.2 cm³/mol. The number of hydrogen-bond donors (Lipinski definition) is 1. The van der Waals surface area contributed by atoms with Gasteiger partial charge in [-0.2, -0.15) is 0 Å². The van der Waals surface area contributed by atoms with E-state index < -0.39 is 0 Å². The lowest BCUT2D eigenvalue weighted by Gasteiger charge is -2.26. The summed E-state index contributed by atoms with van der Waals surface area (Å²) >= 11 is 1.07. The molecule has 0 radical (unpaired) electrons. The van der Waals surface area contributed by atoms with Crippen LogP contribution in [0.5, 0.6) is 0 Å². The van der Waals surface area contributed by atoms with Gasteiger partial charge in [-0.05, 0) is 23.7 Å². The van der Waals surface area contributed by atoms with E-state index in [1.165, 1.54) is 4.90 Å². The van der Waals surface area contributed by atoms with Crippen molar-refractivity contribution in [1.82, 2.24) is 10.2 Å². The smallest absolute Gasteiger partial charge is 0.289 e. The molecule has 0 aromatic heterocycles. The Bertz CT molecular complexity index is 685. The van der Waals surface area contributed by atoms with Gasteiger partial charge in [0.1, 0.15) is 0 Å². The van der Waals surface area contributed by atoms with Crippen molar-refractivity contribution < 1.29 is 9.59 Å². The van der Waals surface area contributed by atoms with Gasteiger partial charge < -0.3 is 5.32 Å². The van der Waals surface area contributed by atoms with E-state index in [0.717, 1.165) is 28.5 Å². The average Bonchev–Trinajstić information content (AvgIpc) is 2.92. The molecular formula is C18H18N2O2S. The highest BCUT2D eigenvalue weighted by atomic mass is 32.2. The van der Waals surface area contributed by atoms with Gasteiger partial charge in [-0.15, -0.1) is 0 Å². The molecule has 23 heavy (non-hydrogen) atoms. The Balaban J connectivity index is 1.89. The van der Waals surface area contributed by atoms with Gasteiger partial charge in [-0.25, -0.2) is 0 Å². The first kappa shape index (κ1) is 15.8. The zero-order valence-corrected chi connectivity index (χ0v) is 13.7. The summed E-state index contributed by atoms with van der Waals surface area (Å²) in [5.41, 5.74) is 3.22. The summed E-state index contributed by atoms with van der Waals surface area (Å²) in [5.74, 6) is 0.119. The third kappa shape index (κ3) is 3.30. The molecule has 2 amide bonds. The van der Waals surface area contributed by atoms with E-state index >= 15 is 0 Å². The minimum absolute atomic E-state index is 0.118. The van der Waals surface area contributed by atoms with E-state index in [-0.39, 0.29) is 22.9 Å². The van der Waals surface area contributed by atoms with Crippen molar-refractivity contribution >= 4 is 22.9 Å². The van der Waals surface area contributed by atoms with Gasteiger partial charge in [0.25, 0.3) is 5.24 Å². The molecule has 4 nitrogen and oxygen atoms in total. The van der Waals surface area contributed by atoms with Crippen LogP contribution >= 0.6 is 11.8 Å². The fourth-order valence-corrected chi connectivity index (χ4v) is 3.50. The van der Waals surface area contributed by atoms with E-state index in [0.29, 0.717) is 6.54 Å². The molecule has 1 aliphatic heterocycles. The van der Waals surface area contributed by atoms with Gasteiger partial charge in [0.15, 0.2) is 0 Å². The molecule has 1 aliphatic rings. The minimum Gasteiger partial charge on any atom is -0.317 e. The molecule has 1 saturated heterocycles. The molecule has 0 saturated carbocycles. The molecule has 1 N–H and O–H groups in total. The maximum Gasteiger partial charge on any atom is 0.289 e.